The molecule has 1 saturated heterocycles. The quantitative estimate of drug-likeness (QED) is 0.745. The molecule has 15 heavy (non-hydrogen) atoms. The van der Waals surface area contributed by atoms with Gasteiger partial charge in [0.15, 0.2) is 0 Å². The summed E-state index contributed by atoms with van der Waals surface area (Å²) in [5.41, 5.74) is 0.484. The first kappa shape index (κ1) is 10.0. The largest absolute Gasteiger partial charge is 0.394 e. The summed E-state index contributed by atoms with van der Waals surface area (Å²) in [7, 11) is 0. The lowest BCUT2D eigenvalue weighted by Gasteiger charge is -2.22. The predicted octanol–water partition coefficient (Wildman–Crippen LogP) is 0.0735. The first-order valence-corrected chi connectivity index (χ1v) is 5.00. The van der Waals surface area contributed by atoms with Crippen LogP contribution in [0.4, 0.5) is 0 Å². The monoisotopic (exact) mass is 207 g/mol. The van der Waals surface area contributed by atoms with Gasteiger partial charge in [0.05, 0.1) is 18.2 Å². The minimum Gasteiger partial charge on any atom is -0.394 e. The average Bonchev–Trinajstić information content (AvgIpc) is 2.77. The van der Waals surface area contributed by atoms with Gasteiger partial charge in [0, 0.05) is 18.9 Å². The topological polar surface area (TPSA) is 66.3 Å². The summed E-state index contributed by atoms with van der Waals surface area (Å²) >= 11 is 0. The smallest absolute Gasteiger partial charge is 0.257 e. The van der Waals surface area contributed by atoms with Crippen molar-refractivity contribution >= 4 is 5.91 Å². The molecule has 0 aromatic carbocycles. The molecule has 1 amide bonds. The average molecular weight is 207 g/mol. The maximum Gasteiger partial charge on any atom is 0.257 e. The Morgan fingerprint density at radius 1 is 1.53 bits per heavy atom. The van der Waals surface area contributed by atoms with Gasteiger partial charge in [-0.1, -0.05) is 0 Å². The maximum atomic E-state index is 12.0. The van der Waals surface area contributed by atoms with Crippen molar-refractivity contribution in [3.05, 3.63) is 24.3 Å². The zero-order valence-electron chi connectivity index (χ0n) is 8.33. The number of amides is 1. The van der Waals surface area contributed by atoms with Gasteiger partial charge in [0.2, 0.25) is 0 Å². The van der Waals surface area contributed by atoms with Crippen LogP contribution in [0.1, 0.15) is 23.2 Å². The van der Waals surface area contributed by atoms with Crippen LogP contribution in [0.3, 0.4) is 0 Å². The van der Waals surface area contributed by atoms with Crippen molar-refractivity contribution in [3.63, 3.8) is 0 Å². The molecule has 1 aromatic heterocycles. The van der Waals surface area contributed by atoms with Crippen LogP contribution in [0.5, 0.6) is 0 Å². The van der Waals surface area contributed by atoms with E-state index in [0.717, 1.165) is 12.8 Å². The van der Waals surface area contributed by atoms with Crippen LogP contribution in [0.15, 0.2) is 18.7 Å². The highest BCUT2D eigenvalue weighted by atomic mass is 16.3. The van der Waals surface area contributed by atoms with Gasteiger partial charge in [-0.05, 0) is 12.8 Å². The van der Waals surface area contributed by atoms with Crippen LogP contribution >= 0.6 is 0 Å². The lowest BCUT2D eigenvalue weighted by atomic mass is 10.2. The van der Waals surface area contributed by atoms with E-state index in [9.17, 15) is 4.79 Å². The van der Waals surface area contributed by atoms with E-state index in [1.165, 1.54) is 18.7 Å². The van der Waals surface area contributed by atoms with E-state index < -0.39 is 0 Å². The number of nitrogens with zero attached hydrogens (tertiary/aromatic N) is 3. The normalized spacial score (nSPS) is 20.6. The molecular formula is C10H13N3O2. The van der Waals surface area contributed by atoms with E-state index in [1.54, 1.807) is 4.90 Å². The SMILES string of the molecule is O=C(c1cncnc1)N1CCC[C@@H]1CO. The van der Waals surface area contributed by atoms with Crippen LogP contribution in [-0.2, 0) is 0 Å². The summed E-state index contributed by atoms with van der Waals surface area (Å²) in [6.07, 6.45) is 6.22. The van der Waals surface area contributed by atoms with E-state index in [0.29, 0.717) is 12.1 Å². The molecule has 1 aliphatic rings. The summed E-state index contributed by atoms with van der Waals surface area (Å²) in [6.45, 7) is 0.735. The lowest BCUT2D eigenvalue weighted by molar-refractivity contribution is 0.0676. The third-order valence-electron chi connectivity index (χ3n) is 2.66. The van der Waals surface area contributed by atoms with E-state index in [2.05, 4.69) is 9.97 Å². The molecule has 1 aliphatic heterocycles. The Kier molecular flexibility index (Phi) is 2.91. The number of aliphatic hydroxyl groups excluding tert-OH is 1. The highest BCUT2D eigenvalue weighted by Crippen LogP contribution is 2.18. The molecule has 2 rings (SSSR count). The van der Waals surface area contributed by atoms with Gasteiger partial charge in [-0.2, -0.15) is 0 Å². The summed E-state index contributed by atoms with van der Waals surface area (Å²) < 4.78 is 0. The Balaban J connectivity index is 2.14. The van der Waals surface area contributed by atoms with Gasteiger partial charge in [0.1, 0.15) is 6.33 Å². The minimum atomic E-state index is -0.0906. The summed E-state index contributed by atoms with van der Waals surface area (Å²) in [4.78, 5) is 21.3. The number of aromatic nitrogens is 2. The summed E-state index contributed by atoms with van der Waals surface area (Å²) in [6, 6.07) is -0.0438. The highest BCUT2D eigenvalue weighted by Gasteiger charge is 2.28. The molecule has 0 aliphatic carbocycles. The van der Waals surface area contributed by atoms with Gasteiger partial charge in [0.25, 0.3) is 5.91 Å². The number of carbonyl (C=O) groups excluding carboxylic acids is 1. The zero-order valence-corrected chi connectivity index (χ0v) is 8.33. The standard InChI is InChI=1S/C10H13N3O2/c14-6-9-2-1-3-13(9)10(15)8-4-11-7-12-5-8/h4-5,7,9,14H,1-3,6H2/t9-/m1/s1. The number of hydrogen-bond donors (Lipinski definition) is 1. The van der Waals surface area contributed by atoms with E-state index in [4.69, 9.17) is 5.11 Å². The predicted molar refractivity (Wildman–Crippen MR) is 53.2 cm³/mol. The molecule has 80 valence electrons. The second kappa shape index (κ2) is 4.35. The molecule has 1 N–H and O–H groups in total. The molecule has 0 saturated carbocycles. The molecule has 2 heterocycles. The third kappa shape index (κ3) is 1.97. The number of hydrogen-bond acceptors (Lipinski definition) is 4. The first-order valence-electron chi connectivity index (χ1n) is 5.00. The van der Waals surface area contributed by atoms with Crippen LogP contribution in [0.2, 0.25) is 0 Å². The fourth-order valence-electron chi connectivity index (χ4n) is 1.87. The molecule has 0 spiro atoms. The van der Waals surface area contributed by atoms with E-state index in [1.807, 2.05) is 0 Å². The number of rotatable bonds is 2. The zero-order chi connectivity index (χ0) is 10.7. The molecule has 0 unspecified atom stereocenters. The van der Waals surface area contributed by atoms with Crippen molar-refractivity contribution in [2.75, 3.05) is 13.2 Å². The van der Waals surface area contributed by atoms with Gasteiger partial charge >= 0.3 is 0 Å². The molecule has 1 fully saturated rings. The number of carbonyl (C=O) groups is 1. The number of likely N-dealkylation sites (tertiary alicyclic amines) is 1. The molecular weight excluding hydrogens is 194 g/mol. The van der Waals surface area contributed by atoms with Crippen molar-refractivity contribution in [1.29, 1.82) is 0 Å². The lowest BCUT2D eigenvalue weighted by Crippen LogP contribution is -2.37. The van der Waals surface area contributed by atoms with Crippen LogP contribution in [0.25, 0.3) is 0 Å². The Morgan fingerprint density at radius 3 is 2.93 bits per heavy atom. The Morgan fingerprint density at radius 2 is 2.27 bits per heavy atom. The fraction of sp³-hybridized carbons (Fsp3) is 0.500. The summed E-state index contributed by atoms with van der Waals surface area (Å²) in [5, 5.41) is 9.11. The third-order valence-corrected chi connectivity index (χ3v) is 2.66. The van der Waals surface area contributed by atoms with Gasteiger partial charge in [-0.15, -0.1) is 0 Å². The van der Waals surface area contributed by atoms with Crippen molar-refractivity contribution in [2.24, 2.45) is 0 Å². The van der Waals surface area contributed by atoms with Crippen molar-refractivity contribution in [1.82, 2.24) is 14.9 Å². The molecule has 0 bridgehead atoms. The van der Waals surface area contributed by atoms with E-state index in [-0.39, 0.29) is 18.6 Å². The first-order chi connectivity index (χ1) is 7.33. The molecule has 0 radical (unpaired) electrons. The van der Waals surface area contributed by atoms with E-state index >= 15 is 0 Å². The van der Waals surface area contributed by atoms with Crippen LogP contribution in [-0.4, -0.2) is 45.1 Å². The molecule has 1 aromatic rings. The second-order valence-electron chi connectivity index (χ2n) is 3.60. The molecule has 5 nitrogen and oxygen atoms in total. The molecule has 1 atom stereocenters. The highest BCUT2D eigenvalue weighted by molar-refractivity contribution is 5.94. The van der Waals surface area contributed by atoms with Crippen LogP contribution in [0, 0.1) is 0 Å². The number of aliphatic hydroxyl groups is 1. The van der Waals surface area contributed by atoms with Crippen molar-refractivity contribution in [3.8, 4) is 0 Å². The fourth-order valence-corrected chi connectivity index (χ4v) is 1.87. The summed E-state index contributed by atoms with van der Waals surface area (Å²) in [5.74, 6) is -0.0906. The van der Waals surface area contributed by atoms with Gasteiger partial charge in [-0.25, -0.2) is 9.97 Å². The van der Waals surface area contributed by atoms with Gasteiger partial charge in [-0.3, -0.25) is 4.79 Å². The van der Waals surface area contributed by atoms with Crippen molar-refractivity contribution in [2.45, 2.75) is 18.9 Å². The second-order valence-corrected chi connectivity index (χ2v) is 3.60. The maximum absolute atomic E-state index is 12.0. The van der Waals surface area contributed by atoms with Gasteiger partial charge < -0.3 is 10.0 Å². The Bertz CT molecular complexity index is 342. The minimum absolute atomic E-state index is 0.0272. The van der Waals surface area contributed by atoms with Crippen molar-refractivity contribution < 1.29 is 9.90 Å². The molecule has 5 heteroatoms. The Hall–Kier alpha value is -1.49. The Labute approximate surface area is 87.8 Å². The van der Waals surface area contributed by atoms with Crippen LogP contribution < -0.4 is 0 Å².